The van der Waals surface area contributed by atoms with Gasteiger partial charge in [-0.25, -0.2) is 4.98 Å². The Bertz CT molecular complexity index is 476. The second-order valence-corrected chi connectivity index (χ2v) is 4.38. The summed E-state index contributed by atoms with van der Waals surface area (Å²) in [4.78, 5) is 8.05. The van der Waals surface area contributed by atoms with Gasteiger partial charge in [0.15, 0.2) is 5.82 Å². The number of aromatic nitrogens is 2. The number of hydrogen-bond acceptors (Lipinski definition) is 3. The molecule has 1 heterocycles. The molecule has 0 radical (unpaired) electrons. The van der Waals surface area contributed by atoms with Crippen LogP contribution in [0.1, 0.15) is 0 Å². The number of rotatable bonds is 2. The van der Waals surface area contributed by atoms with Gasteiger partial charge in [-0.05, 0) is 34.7 Å². The van der Waals surface area contributed by atoms with Crippen molar-refractivity contribution >= 4 is 45.7 Å². The van der Waals surface area contributed by atoms with Crippen molar-refractivity contribution in [3.05, 3.63) is 45.4 Å². The number of hydrogen-bond donors (Lipinski definition) is 1. The van der Waals surface area contributed by atoms with Crippen LogP contribution in [0, 0.1) is 3.57 Å². The van der Waals surface area contributed by atoms with E-state index in [1.165, 1.54) is 6.20 Å². The van der Waals surface area contributed by atoms with Gasteiger partial charge in [-0.15, -0.1) is 0 Å². The number of anilines is 2. The van der Waals surface area contributed by atoms with Crippen LogP contribution in [-0.4, -0.2) is 9.97 Å². The SMILES string of the molecule is Clc1cncc(Nc2ccccc2I)n1. The van der Waals surface area contributed by atoms with Crippen LogP contribution in [-0.2, 0) is 0 Å². The molecule has 1 N–H and O–H groups in total. The smallest absolute Gasteiger partial charge is 0.150 e. The van der Waals surface area contributed by atoms with Crippen LogP contribution in [0.5, 0.6) is 0 Å². The molecule has 76 valence electrons. The van der Waals surface area contributed by atoms with Crippen LogP contribution in [0.4, 0.5) is 11.5 Å². The lowest BCUT2D eigenvalue weighted by molar-refractivity contribution is 1.20. The van der Waals surface area contributed by atoms with E-state index in [0.717, 1.165) is 9.26 Å². The van der Waals surface area contributed by atoms with E-state index >= 15 is 0 Å². The first-order chi connectivity index (χ1) is 7.25. The topological polar surface area (TPSA) is 37.8 Å². The van der Waals surface area contributed by atoms with Crippen LogP contribution >= 0.6 is 34.2 Å². The van der Waals surface area contributed by atoms with E-state index in [4.69, 9.17) is 11.6 Å². The Morgan fingerprint density at radius 3 is 2.73 bits per heavy atom. The maximum absolute atomic E-state index is 5.74. The quantitative estimate of drug-likeness (QED) is 0.856. The highest BCUT2D eigenvalue weighted by Crippen LogP contribution is 2.21. The van der Waals surface area contributed by atoms with Gasteiger partial charge in [0.2, 0.25) is 0 Å². The first-order valence-corrected chi connectivity index (χ1v) is 5.70. The fourth-order valence-corrected chi connectivity index (χ4v) is 1.77. The summed E-state index contributed by atoms with van der Waals surface area (Å²) in [5.41, 5.74) is 0.995. The Kier molecular flexibility index (Phi) is 3.37. The molecule has 0 aliphatic heterocycles. The maximum atomic E-state index is 5.74. The summed E-state index contributed by atoms with van der Waals surface area (Å²) in [6, 6.07) is 7.93. The summed E-state index contributed by atoms with van der Waals surface area (Å²) in [6.45, 7) is 0. The molecule has 15 heavy (non-hydrogen) atoms. The van der Waals surface area contributed by atoms with Crippen molar-refractivity contribution < 1.29 is 0 Å². The first kappa shape index (κ1) is 10.6. The Hall–Kier alpha value is -0.880. The molecule has 0 fully saturated rings. The second-order valence-electron chi connectivity index (χ2n) is 2.83. The number of para-hydroxylation sites is 1. The summed E-state index contributed by atoms with van der Waals surface area (Å²) in [5.74, 6) is 0.645. The highest BCUT2D eigenvalue weighted by molar-refractivity contribution is 14.1. The molecule has 0 aliphatic carbocycles. The second kappa shape index (κ2) is 4.76. The normalized spacial score (nSPS) is 10.0. The molecule has 0 bridgehead atoms. The molecular formula is C10H7ClIN3. The zero-order valence-electron chi connectivity index (χ0n) is 7.61. The molecule has 0 unspecified atom stereocenters. The van der Waals surface area contributed by atoms with Crippen LogP contribution in [0.2, 0.25) is 5.15 Å². The Labute approximate surface area is 106 Å². The van der Waals surface area contributed by atoms with E-state index in [0.29, 0.717) is 11.0 Å². The summed E-state index contributed by atoms with van der Waals surface area (Å²) in [6.07, 6.45) is 3.14. The Morgan fingerprint density at radius 2 is 2.00 bits per heavy atom. The fourth-order valence-electron chi connectivity index (χ4n) is 1.10. The summed E-state index contributed by atoms with van der Waals surface area (Å²) < 4.78 is 1.12. The molecule has 0 amide bonds. The third-order valence-electron chi connectivity index (χ3n) is 1.74. The van der Waals surface area contributed by atoms with E-state index < -0.39 is 0 Å². The van der Waals surface area contributed by atoms with Crippen molar-refractivity contribution in [3.8, 4) is 0 Å². The van der Waals surface area contributed by atoms with Gasteiger partial charge in [0.25, 0.3) is 0 Å². The molecule has 2 rings (SSSR count). The Morgan fingerprint density at radius 1 is 1.20 bits per heavy atom. The van der Waals surface area contributed by atoms with Gasteiger partial charge in [-0.2, -0.15) is 0 Å². The molecule has 2 aromatic rings. The largest absolute Gasteiger partial charge is 0.338 e. The monoisotopic (exact) mass is 331 g/mol. The molecule has 0 aliphatic rings. The molecule has 0 saturated heterocycles. The summed E-state index contributed by atoms with van der Waals surface area (Å²) >= 11 is 7.99. The lowest BCUT2D eigenvalue weighted by Crippen LogP contribution is -1.96. The minimum atomic E-state index is 0.380. The van der Waals surface area contributed by atoms with Crippen molar-refractivity contribution in [1.82, 2.24) is 9.97 Å². The van der Waals surface area contributed by atoms with Gasteiger partial charge in [0.05, 0.1) is 18.1 Å². The standard InChI is InChI=1S/C10H7ClIN3/c11-9-5-13-6-10(15-9)14-8-4-2-1-3-7(8)12/h1-6H,(H,14,15). The van der Waals surface area contributed by atoms with Crippen LogP contribution < -0.4 is 5.32 Å². The van der Waals surface area contributed by atoms with Crippen molar-refractivity contribution in [1.29, 1.82) is 0 Å². The van der Waals surface area contributed by atoms with E-state index in [-0.39, 0.29) is 0 Å². The summed E-state index contributed by atoms with van der Waals surface area (Å²) in [7, 11) is 0. The van der Waals surface area contributed by atoms with Crippen LogP contribution in [0.25, 0.3) is 0 Å². The number of nitrogens with zero attached hydrogens (tertiary/aromatic N) is 2. The molecule has 0 saturated carbocycles. The maximum Gasteiger partial charge on any atom is 0.150 e. The van der Waals surface area contributed by atoms with Gasteiger partial charge in [0.1, 0.15) is 5.15 Å². The van der Waals surface area contributed by atoms with E-state index in [1.807, 2.05) is 24.3 Å². The average molecular weight is 332 g/mol. The van der Waals surface area contributed by atoms with Gasteiger partial charge in [-0.3, -0.25) is 4.98 Å². The highest BCUT2D eigenvalue weighted by atomic mass is 127. The molecule has 1 aromatic carbocycles. The number of halogens is 2. The lowest BCUT2D eigenvalue weighted by atomic mass is 10.3. The third kappa shape index (κ3) is 2.79. The predicted molar refractivity (Wildman–Crippen MR) is 69.5 cm³/mol. The van der Waals surface area contributed by atoms with Crippen LogP contribution in [0.15, 0.2) is 36.7 Å². The number of benzene rings is 1. The minimum Gasteiger partial charge on any atom is -0.338 e. The van der Waals surface area contributed by atoms with Gasteiger partial charge < -0.3 is 5.32 Å². The predicted octanol–water partition coefficient (Wildman–Crippen LogP) is 3.48. The highest BCUT2D eigenvalue weighted by Gasteiger charge is 2.00. The lowest BCUT2D eigenvalue weighted by Gasteiger charge is -2.06. The molecule has 3 nitrogen and oxygen atoms in total. The number of nitrogens with one attached hydrogen (secondary N) is 1. The van der Waals surface area contributed by atoms with Crippen molar-refractivity contribution in [2.45, 2.75) is 0 Å². The molecule has 0 atom stereocenters. The van der Waals surface area contributed by atoms with Gasteiger partial charge in [-0.1, -0.05) is 23.7 Å². The molecular weight excluding hydrogens is 324 g/mol. The zero-order chi connectivity index (χ0) is 10.7. The van der Waals surface area contributed by atoms with Crippen molar-refractivity contribution in [2.24, 2.45) is 0 Å². The van der Waals surface area contributed by atoms with Crippen LogP contribution in [0.3, 0.4) is 0 Å². The Balaban J connectivity index is 2.26. The summed E-state index contributed by atoms with van der Waals surface area (Å²) in [5, 5.41) is 3.53. The van der Waals surface area contributed by atoms with Gasteiger partial charge >= 0.3 is 0 Å². The fraction of sp³-hybridized carbons (Fsp3) is 0. The van der Waals surface area contributed by atoms with E-state index in [2.05, 4.69) is 37.9 Å². The third-order valence-corrected chi connectivity index (χ3v) is 2.86. The van der Waals surface area contributed by atoms with Crippen molar-refractivity contribution in [2.75, 3.05) is 5.32 Å². The molecule has 1 aromatic heterocycles. The van der Waals surface area contributed by atoms with E-state index in [9.17, 15) is 0 Å². The molecule has 0 spiro atoms. The zero-order valence-corrected chi connectivity index (χ0v) is 10.5. The first-order valence-electron chi connectivity index (χ1n) is 4.25. The molecule has 5 heteroatoms. The van der Waals surface area contributed by atoms with Gasteiger partial charge in [0, 0.05) is 3.57 Å². The van der Waals surface area contributed by atoms with Crippen molar-refractivity contribution in [3.63, 3.8) is 0 Å². The average Bonchev–Trinajstić information content (AvgIpc) is 2.22. The van der Waals surface area contributed by atoms with E-state index in [1.54, 1.807) is 6.20 Å². The minimum absolute atomic E-state index is 0.380.